The van der Waals surface area contributed by atoms with Crippen molar-refractivity contribution in [3.8, 4) is 0 Å². The van der Waals surface area contributed by atoms with E-state index in [9.17, 15) is 19.2 Å². The predicted molar refractivity (Wildman–Crippen MR) is 127 cm³/mol. The minimum Gasteiger partial charge on any atom is -0.467 e. The largest absolute Gasteiger partial charge is 0.467 e. The maximum atomic E-state index is 12.7. The second-order valence-corrected chi connectivity index (χ2v) is 9.45. The molecule has 2 amide bonds. The summed E-state index contributed by atoms with van der Waals surface area (Å²) in [6.07, 6.45) is 0.784. The highest BCUT2D eigenvalue weighted by Gasteiger charge is 2.34. The third-order valence-electron chi connectivity index (χ3n) is 5.46. The summed E-state index contributed by atoms with van der Waals surface area (Å²) in [4.78, 5) is 52.3. The number of aromatic nitrogens is 2. The Bertz CT molecular complexity index is 923. The van der Waals surface area contributed by atoms with Crippen LogP contribution in [0.2, 0.25) is 0 Å². The van der Waals surface area contributed by atoms with Gasteiger partial charge in [-0.05, 0) is 45.6 Å². The van der Waals surface area contributed by atoms with Crippen molar-refractivity contribution in [1.82, 2.24) is 20.0 Å². The average Bonchev–Trinajstić information content (AvgIpc) is 2.78. The molecule has 0 saturated carbocycles. The van der Waals surface area contributed by atoms with Crippen molar-refractivity contribution in [2.45, 2.75) is 45.3 Å². The molecule has 2 rings (SSSR count). The van der Waals surface area contributed by atoms with E-state index in [0.717, 1.165) is 12.8 Å². The van der Waals surface area contributed by atoms with Crippen LogP contribution in [0.3, 0.4) is 0 Å². The van der Waals surface area contributed by atoms with Crippen LogP contribution < -0.4 is 15.8 Å². The normalized spacial score (nSPS) is 15.4. The van der Waals surface area contributed by atoms with Crippen LogP contribution in [0.25, 0.3) is 0 Å². The van der Waals surface area contributed by atoms with E-state index in [4.69, 9.17) is 21.1 Å². The first-order valence-corrected chi connectivity index (χ1v) is 11.7. The van der Waals surface area contributed by atoms with Gasteiger partial charge in [-0.1, -0.05) is 0 Å². The number of carbonyl (C=O) groups is 3. The van der Waals surface area contributed by atoms with Crippen LogP contribution in [-0.2, 0) is 26.1 Å². The number of alkyl halides is 1. The fourth-order valence-corrected chi connectivity index (χ4v) is 3.87. The van der Waals surface area contributed by atoms with Crippen molar-refractivity contribution in [3.05, 3.63) is 22.5 Å². The van der Waals surface area contributed by atoms with Crippen LogP contribution in [0.5, 0.6) is 0 Å². The van der Waals surface area contributed by atoms with Gasteiger partial charge in [0.2, 0.25) is 5.91 Å². The number of ether oxygens (including phenoxy) is 2. The smallest absolute Gasteiger partial charge is 0.407 e. The van der Waals surface area contributed by atoms with E-state index in [1.807, 2.05) is 0 Å². The van der Waals surface area contributed by atoms with E-state index in [-0.39, 0.29) is 30.4 Å². The Labute approximate surface area is 204 Å². The number of nitrogens with zero attached hydrogens (tertiary/aromatic N) is 4. The molecular weight excluding hydrogens is 466 g/mol. The molecule has 0 unspecified atom stereocenters. The van der Waals surface area contributed by atoms with Crippen molar-refractivity contribution >= 4 is 35.4 Å². The van der Waals surface area contributed by atoms with E-state index in [0.29, 0.717) is 18.9 Å². The van der Waals surface area contributed by atoms with Gasteiger partial charge in [-0.15, -0.1) is 11.6 Å². The molecule has 1 aromatic rings. The summed E-state index contributed by atoms with van der Waals surface area (Å²) >= 11 is 5.84. The molecule has 0 aromatic carbocycles. The first kappa shape index (κ1) is 27.4. The zero-order valence-electron chi connectivity index (χ0n) is 20.4. The molecule has 1 N–H and O–H groups in total. The number of amides is 2. The van der Waals surface area contributed by atoms with E-state index >= 15 is 0 Å². The standard InChI is InChI=1S/C22H34ClN5O6/c1-22(2,3)34-21(32)24-13-16(20(31)33-5)28(19(30)12-23)14-15-8-10-27(11-9-15)17-6-7-18(29)26(4)25-17/h6-7,15-16H,8-14H2,1-5H3,(H,24,32)/t16-/m1/s1. The van der Waals surface area contributed by atoms with Crippen LogP contribution in [-0.4, -0.2) is 83.5 Å². The Hall–Kier alpha value is -2.82. The quantitative estimate of drug-likeness (QED) is 0.417. The van der Waals surface area contributed by atoms with Crippen molar-refractivity contribution in [3.63, 3.8) is 0 Å². The number of esters is 1. The van der Waals surface area contributed by atoms with Crippen LogP contribution in [0.4, 0.5) is 10.6 Å². The molecular formula is C22H34ClN5O6. The van der Waals surface area contributed by atoms with Gasteiger partial charge in [0.25, 0.3) is 5.56 Å². The Morgan fingerprint density at radius 1 is 1.26 bits per heavy atom. The van der Waals surface area contributed by atoms with Crippen LogP contribution in [0.15, 0.2) is 16.9 Å². The highest BCUT2D eigenvalue weighted by atomic mass is 35.5. The lowest BCUT2D eigenvalue weighted by molar-refractivity contribution is -0.152. The van der Waals surface area contributed by atoms with Crippen LogP contribution in [0.1, 0.15) is 33.6 Å². The number of aryl methyl sites for hydroxylation is 1. The Balaban J connectivity index is 2.07. The van der Waals surface area contributed by atoms with Crippen molar-refractivity contribution < 1.29 is 23.9 Å². The number of halogens is 1. The molecule has 0 radical (unpaired) electrons. The van der Waals surface area contributed by atoms with Gasteiger partial charge >= 0.3 is 12.1 Å². The fraction of sp³-hybridized carbons (Fsp3) is 0.682. The van der Waals surface area contributed by atoms with Crippen molar-refractivity contribution in [2.24, 2.45) is 13.0 Å². The third kappa shape index (κ3) is 7.89. The summed E-state index contributed by atoms with van der Waals surface area (Å²) in [5.74, 6) is -0.569. The molecule has 1 saturated heterocycles. The summed E-state index contributed by atoms with van der Waals surface area (Å²) in [6.45, 7) is 6.66. The predicted octanol–water partition coefficient (Wildman–Crippen LogP) is 1.13. The zero-order valence-corrected chi connectivity index (χ0v) is 21.1. The fourth-order valence-electron chi connectivity index (χ4n) is 3.71. The van der Waals surface area contributed by atoms with Gasteiger partial charge in [0, 0.05) is 32.7 Å². The van der Waals surface area contributed by atoms with Gasteiger partial charge in [-0.2, -0.15) is 5.10 Å². The van der Waals surface area contributed by atoms with E-state index < -0.39 is 29.6 Å². The highest BCUT2D eigenvalue weighted by molar-refractivity contribution is 6.27. The SMILES string of the molecule is COC(=O)[C@@H](CNC(=O)OC(C)(C)C)N(CC1CCN(c2ccc(=O)n(C)n2)CC1)C(=O)CCl. The van der Waals surface area contributed by atoms with Gasteiger partial charge in [0.1, 0.15) is 23.3 Å². The van der Waals surface area contributed by atoms with E-state index in [1.54, 1.807) is 33.9 Å². The molecule has 1 aromatic heterocycles. The molecule has 190 valence electrons. The number of methoxy groups -OCH3 is 1. The number of hydrogen-bond acceptors (Lipinski definition) is 8. The maximum Gasteiger partial charge on any atom is 0.407 e. The molecule has 1 fully saturated rings. The summed E-state index contributed by atoms with van der Waals surface area (Å²) in [5.41, 5.74) is -0.882. The van der Waals surface area contributed by atoms with Gasteiger partial charge in [-0.3, -0.25) is 9.59 Å². The molecule has 0 spiro atoms. The van der Waals surface area contributed by atoms with E-state index in [2.05, 4.69) is 15.3 Å². The zero-order chi connectivity index (χ0) is 25.5. The lowest BCUT2D eigenvalue weighted by atomic mass is 9.95. The Morgan fingerprint density at radius 2 is 1.91 bits per heavy atom. The number of hydrogen-bond donors (Lipinski definition) is 1. The number of alkyl carbamates (subject to hydrolysis) is 1. The first-order chi connectivity index (χ1) is 15.9. The maximum absolute atomic E-state index is 12.7. The molecule has 1 aliphatic rings. The monoisotopic (exact) mass is 499 g/mol. The van der Waals surface area contributed by atoms with Crippen LogP contribution >= 0.6 is 11.6 Å². The molecule has 11 nitrogen and oxygen atoms in total. The van der Waals surface area contributed by atoms with Crippen molar-refractivity contribution in [1.29, 1.82) is 0 Å². The van der Waals surface area contributed by atoms with Crippen LogP contribution in [0, 0.1) is 5.92 Å². The molecule has 1 aliphatic heterocycles. The lowest BCUT2D eigenvalue weighted by Gasteiger charge is -2.37. The summed E-state index contributed by atoms with van der Waals surface area (Å²) in [7, 11) is 2.83. The number of piperidine rings is 1. The summed E-state index contributed by atoms with van der Waals surface area (Å²) < 4.78 is 11.4. The van der Waals surface area contributed by atoms with E-state index in [1.165, 1.54) is 22.8 Å². The van der Waals surface area contributed by atoms with Crippen molar-refractivity contribution in [2.75, 3.05) is 44.1 Å². The number of rotatable bonds is 8. The lowest BCUT2D eigenvalue weighted by Crippen LogP contribution is -2.54. The molecule has 0 aliphatic carbocycles. The van der Waals surface area contributed by atoms with Gasteiger partial charge in [-0.25, -0.2) is 14.3 Å². The minimum atomic E-state index is -1.04. The molecule has 1 atom stereocenters. The molecule has 2 heterocycles. The van der Waals surface area contributed by atoms with Gasteiger partial charge in [0.05, 0.1) is 13.7 Å². The number of carbonyl (C=O) groups excluding carboxylic acids is 3. The summed E-state index contributed by atoms with van der Waals surface area (Å²) in [5, 5.41) is 6.83. The Kier molecular flexibility index (Phi) is 9.72. The molecule has 12 heteroatoms. The Morgan fingerprint density at radius 3 is 2.44 bits per heavy atom. The second-order valence-electron chi connectivity index (χ2n) is 9.19. The minimum absolute atomic E-state index is 0.102. The first-order valence-electron chi connectivity index (χ1n) is 11.1. The molecule has 0 bridgehead atoms. The topological polar surface area (TPSA) is 123 Å². The molecule has 34 heavy (non-hydrogen) atoms. The number of anilines is 1. The number of nitrogens with one attached hydrogen (secondary N) is 1. The van der Waals surface area contributed by atoms with Gasteiger partial charge < -0.3 is 24.6 Å². The van der Waals surface area contributed by atoms with Gasteiger partial charge in [0.15, 0.2) is 0 Å². The highest BCUT2D eigenvalue weighted by Crippen LogP contribution is 2.23. The average molecular weight is 500 g/mol. The second kappa shape index (κ2) is 12.0. The summed E-state index contributed by atoms with van der Waals surface area (Å²) in [6, 6.07) is 2.14. The third-order valence-corrected chi connectivity index (χ3v) is 5.69.